The van der Waals surface area contributed by atoms with Gasteiger partial charge in [0.1, 0.15) is 6.04 Å². The Kier molecular flexibility index (Phi) is 6.81. The van der Waals surface area contributed by atoms with Gasteiger partial charge in [-0.1, -0.05) is 23.7 Å². The molecule has 9 heteroatoms. The van der Waals surface area contributed by atoms with Crippen molar-refractivity contribution in [2.45, 2.75) is 38.3 Å². The highest BCUT2D eigenvalue weighted by Crippen LogP contribution is 2.21. The Hall–Kier alpha value is -2.78. The predicted octanol–water partition coefficient (Wildman–Crippen LogP) is 1.07. The molecule has 0 saturated heterocycles. The van der Waals surface area contributed by atoms with Crippen molar-refractivity contribution in [1.29, 1.82) is 0 Å². The molecule has 2 aromatic rings. The number of nitrogens with one attached hydrogen (secondary N) is 1. The van der Waals surface area contributed by atoms with Gasteiger partial charge in [0.25, 0.3) is 5.91 Å². The number of amides is 1. The van der Waals surface area contributed by atoms with Crippen LogP contribution in [0, 0.1) is 0 Å². The number of carboxylic acid groups (broad SMARTS) is 1. The van der Waals surface area contributed by atoms with Gasteiger partial charge < -0.3 is 26.4 Å². The molecule has 2 unspecified atom stereocenters. The summed E-state index contributed by atoms with van der Waals surface area (Å²) in [7, 11) is 0. The van der Waals surface area contributed by atoms with Crippen LogP contribution in [0.15, 0.2) is 28.8 Å². The van der Waals surface area contributed by atoms with E-state index in [1.165, 1.54) is 6.92 Å². The average Bonchev–Trinajstić information content (AvgIpc) is 3.12. The van der Waals surface area contributed by atoms with Gasteiger partial charge >= 0.3 is 5.97 Å². The first-order chi connectivity index (χ1) is 12.4. The minimum Gasteiger partial charge on any atom is -0.480 e. The van der Waals surface area contributed by atoms with E-state index in [-0.39, 0.29) is 6.04 Å². The summed E-state index contributed by atoms with van der Waals surface area (Å²) in [5.74, 6) is -0.966. The highest BCUT2D eigenvalue weighted by atomic mass is 16.5. The van der Waals surface area contributed by atoms with Gasteiger partial charge in [0.05, 0.1) is 6.04 Å². The number of carboxylic acids is 1. The lowest BCUT2D eigenvalue weighted by molar-refractivity contribution is -0.138. The first-order valence-electron chi connectivity index (χ1n) is 8.35. The Labute approximate surface area is 150 Å². The molecule has 26 heavy (non-hydrogen) atoms. The van der Waals surface area contributed by atoms with Gasteiger partial charge in [-0.2, -0.15) is 4.98 Å². The number of carbonyl (C=O) groups excluding carboxylic acids is 1. The molecule has 2 rings (SSSR count). The topological polar surface area (TPSA) is 157 Å². The van der Waals surface area contributed by atoms with Crippen LogP contribution in [0.2, 0.25) is 0 Å². The molecule has 6 N–H and O–H groups in total. The first-order valence-corrected chi connectivity index (χ1v) is 8.35. The molecule has 0 bridgehead atoms. The lowest BCUT2D eigenvalue weighted by atomic mass is 10.1. The first kappa shape index (κ1) is 19.5. The number of unbranched alkanes of at least 4 members (excludes halogenated alkanes) is 1. The Bertz CT molecular complexity index is 761. The molecule has 1 aromatic carbocycles. The number of hydrogen-bond donors (Lipinski definition) is 4. The summed E-state index contributed by atoms with van der Waals surface area (Å²) in [5.41, 5.74) is 12.4. The van der Waals surface area contributed by atoms with E-state index in [4.69, 9.17) is 21.1 Å². The SMILES string of the molecule is CC(NC(=O)c1cccc(-c2noc(C(N)CCCCN)n2)c1)C(=O)O. The molecule has 0 aliphatic rings. The second-order valence-corrected chi connectivity index (χ2v) is 5.96. The molecular formula is C17H23N5O4. The van der Waals surface area contributed by atoms with Crippen LogP contribution < -0.4 is 16.8 Å². The minimum absolute atomic E-state index is 0.300. The molecule has 0 spiro atoms. The van der Waals surface area contributed by atoms with E-state index in [1.807, 2.05) is 0 Å². The van der Waals surface area contributed by atoms with Gasteiger partial charge in [-0.3, -0.25) is 9.59 Å². The van der Waals surface area contributed by atoms with Gasteiger partial charge in [-0.15, -0.1) is 0 Å². The zero-order valence-corrected chi connectivity index (χ0v) is 14.5. The maximum Gasteiger partial charge on any atom is 0.325 e. The Balaban J connectivity index is 2.10. The van der Waals surface area contributed by atoms with Crippen LogP contribution >= 0.6 is 0 Å². The van der Waals surface area contributed by atoms with Gasteiger partial charge in [0.15, 0.2) is 0 Å². The molecule has 1 aromatic heterocycles. The molecule has 0 fully saturated rings. The number of benzene rings is 1. The standard InChI is InChI=1S/C17H23N5O4/c1-10(17(24)25)20-15(23)12-6-4-5-11(9-12)14-21-16(26-22-14)13(19)7-2-3-8-18/h4-6,9-10,13H,2-3,7-8,18-19H2,1H3,(H,20,23)(H,24,25). The van der Waals surface area contributed by atoms with Crippen molar-refractivity contribution in [3.63, 3.8) is 0 Å². The van der Waals surface area contributed by atoms with E-state index in [0.717, 1.165) is 12.8 Å². The number of aromatic nitrogens is 2. The smallest absolute Gasteiger partial charge is 0.325 e. The maximum atomic E-state index is 12.1. The maximum absolute atomic E-state index is 12.1. The van der Waals surface area contributed by atoms with Crippen LogP contribution in [0.3, 0.4) is 0 Å². The molecule has 1 amide bonds. The normalized spacial score (nSPS) is 13.2. The molecule has 0 radical (unpaired) electrons. The fourth-order valence-electron chi connectivity index (χ4n) is 2.28. The number of nitrogens with two attached hydrogens (primary N) is 2. The van der Waals surface area contributed by atoms with Crippen molar-refractivity contribution in [3.05, 3.63) is 35.7 Å². The minimum atomic E-state index is -1.11. The van der Waals surface area contributed by atoms with E-state index in [9.17, 15) is 9.59 Å². The van der Waals surface area contributed by atoms with Crippen LogP contribution in [0.4, 0.5) is 0 Å². The van der Waals surface area contributed by atoms with Gasteiger partial charge in [0.2, 0.25) is 11.7 Å². The quantitative estimate of drug-likeness (QED) is 0.483. The van der Waals surface area contributed by atoms with E-state index < -0.39 is 17.9 Å². The van der Waals surface area contributed by atoms with Crippen LogP contribution in [-0.4, -0.2) is 39.7 Å². The van der Waals surface area contributed by atoms with Gasteiger partial charge in [-0.25, -0.2) is 0 Å². The Morgan fingerprint density at radius 3 is 2.81 bits per heavy atom. The second-order valence-electron chi connectivity index (χ2n) is 5.96. The lowest BCUT2D eigenvalue weighted by Crippen LogP contribution is -2.38. The highest BCUT2D eigenvalue weighted by Gasteiger charge is 2.18. The fourth-order valence-corrected chi connectivity index (χ4v) is 2.28. The third-order valence-electron chi connectivity index (χ3n) is 3.83. The van der Waals surface area contributed by atoms with E-state index in [0.29, 0.717) is 35.8 Å². The Morgan fingerprint density at radius 2 is 2.12 bits per heavy atom. The van der Waals surface area contributed by atoms with E-state index in [2.05, 4.69) is 15.5 Å². The summed E-state index contributed by atoms with van der Waals surface area (Å²) >= 11 is 0. The van der Waals surface area contributed by atoms with Crippen LogP contribution in [0.5, 0.6) is 0 Å². The van der Waals surface area contributed by atoms with Crippen LogP contribution in [-0.2, 0) is 4.79 Å². The van der Waals surface area contributed by atoms with Crippen molar-refractivity contribution in [2.24, 2.45) is 11.5 Å². The summed E-state index contributed by atoms with van der Waals surface area (Å²) in [6.45, 7) is 2.00. The van der Waals surface area contributed by atoms with Crippen molar-refractivity contribution in [3.8, 4) is 11.4 Å². The van der Waals surface area contributed by atoms with Crippen molar-refractivity contribution in [2.75, 3.05) is 6.54 Å². The highest BCUT2D eigenvalue weighted by molar-refractivity contribution is 5.97. The summed E-state index contributed by atoms with van der Waals surface area (Å²) < 4.78 is 5.21. The zero-order valence-electron chi connectivity index (χ0n) is 14.5. The number of rotatable bonds is 9. The molecule has 9 nitrogen and oxygen atoms in total. The molecule has 2 atom stereocenters. The predicted molar refractivity (Wildman–Crippen MR) is 94.1 cm³/mol. The van der Waals surface area contributed by atoms with Gasteiger partial charge in [-0.05, 0) is 38.4 Å². The Morgan fingerprint density at radius 1 is 1.35 bits per heavy atom. The lowest BCUT2D eigenvalue weighted by Gasteiger charge is -2.09. The van der Waals surface area contributed by atoms with Crippen molar-refractivity contribution >= 4 is 11.9 Å². The average molecular weight is 361 g/mol. The summed E-state index contributed by atoms with van der Waals surface area (Å²) in [6, 6.07) is 5.17. The molecule has 0 aliphatic heterocycles. The molecule has 0 aliphatic carbocycles. The summed E-state index contributed by atoms with van der Waals surface area (Å²) in [6.07, 6.45) is 2.43. The van der Waals surface area contributed by atoms with Crippen LogP contribution in [0.1, 0.15) is 48.5 Å². The molecule has 140 valence electrons. The largest absolute Gasteiger partial charge is 0.480 e. The fraction of sp³-hybridized carbons (Fsp3) is 0.412. The monoisotopic (exact) mass is 361 g/mol. The molecule has 0 saturated carbocycles. The summed E-state index contributed by atoms with van der Waals surface area (Å²) in [5, 5.41) is 15.2. The zero-order chi connectivity index (χ0) is 19.1. The molecule has 1 heterocycles. The summed E-state index contributed by atoms with van der Waals surface area (Å²) in [4.78, 5) is 27.3. The van der Waals surface area contributed by atoms with Crippen molar-refractivity contribution in [1.82, 2.24) is 15.5 Å². The third-order valence-corrected chi connectivity index (χ3v) is 3.83. The van der Waals surface area contributed by atoms with Crippen LogP contribution in [0.25, 0.3) is 11.4 Å². The van der Waals surface area contributed by atoms with Crippen molar-refractivity contribution < 1.29 is 19.2 Å². The third kappa shape index (κ3) is 5.11. The van der Waals surface area contributed by atoms with E-state index >= 15 is 0 Å². The second kappa shape index (κ2) is 9.07. The number of nitrogens with zero attached hydrogens (tertiary/aromatic N) is 2. The number of aliphatic carboxylic acids is 1. The van der Waals surface area contributed by atoms with Gasteiger partial charge in [0, 0.05) is 11.1 Å². The number of hydrogen-bond acceptors (Lipinski definition) is 7. The van der Waals surface area contributed by atoms with E-state index in [1.54, 1.807) is 24.3 Å². The molecular weight excluding hydrogens is 338 g/mol. The number of carbonyl (C=O) groups is 2.